The predicted molar refractivity (Wildman–Crippen MR) is 35.2 cm³/mol. The summed E-state index contributed by atoms with van der Waals surface area (Å²) in [6.07, 6.45) is 0. The molecule has 0 aromatic carbocycles. The minimum Gasteiger partial charge on any atom is -0.292 e. The van der Waals surface area contributed by atoms with E-state index in [0.717, 1.165) is 11.5 Å². The Bertz CT molecular complexity index is 151. The Hall–Kier alpha value is -1.00. The van der Waals surface area contributed by atoms with E-state index in [0.29, 0.717) is 0 Å². The number of rotatable bonds is 1. The first-order chi connectivity index (χ1) is 4.22. The topological polar surface area (TPSA) is 39.3 Å². The predicted octanol–water partition coefficient (Wildman–Crippen LogP) is -0.179. The summed E-state index contributed by atoms with van der Waals surface area (Å²) >= 11 is 0. The zero-order valence-electron chi connectivity index (χ0n) is 5.36. The third-order valence-corrected chi connectivity index (χ3v) is 1.03. The fourth-order valence-electron chi connectivity index (χ4n) is 0.605. The Morgan fingerprint density at radius 1 is 1.67 bits per heavy atom. The van der Waals surface area contributed by atoms with Gasteiger partial charge in [-0.1, -0.05) is 13.2 Å². The van der Waals surface area contributed by atoms with Crippen LogP contribution in [0.4, 0.5) is 0 Å². The molecule has 9 heavy (non-hydrogen) atoms. The molecule has 0 bridgehead atoms. The maximum absolute atomic E-state index is 3.71. The van der Waals surface area contributed by atoms with Crippen molar-refractivity contribution in [2.45, 2.75) is 6.92 Å². The zero-order chi connectivity index (χ0) is 6.85. The molecule has 50 valence electrons. The molecule has 1 aliphatic rings. The molecular weight excluding hydrogens is 116 g/mol. The van der Waals surface area contributed by atoms with E-state index in [4.69, 9.17) is 0 Å². The van der Waals surface area contributed by atoms with E-state index in [1.54, 1.807) is 5.01 Å². The normalized spacial score (nSPS) is 17.9. The lowest BCUT2D eigenvalue weighted by Gasteiger charge is -2.14. The van der Waals surface area contributed by atoms with Gasteiger partial charge in [0.1, 0.15) is 5.82 Å². The van der Waals surface area contributed by atoms with Gasteiger partial charge in [-0.05, 0) is 6.92 Å². The van der Waals surface area contributed by atoms with Crippen molar-refractivity contribution in [1.29, 1.82) is 0 Å². The fourth-order valence-corrected chi connectivity index (χ4v) is 0.605. The smallest absolute Gasteiger partial charge is 0.130 e. The quantitative estimate of drug-likeness (QED) is 0.456. The average Bonchev–Trinajstić information content (AvgIpc) is 2.13. The van der Waals surface area contributed by atoms with E-state index in [1.807, 2.05) is 6.92 Å². The first-order valence-corrected chi connectivity index (χ1v) is 2.63. The van der Waals surface area contributed by atoms with Crippen LogP contribution in [0.25, 0.3) is 0 Å². The third-order valence-electron chi connectivity index (χ3n) is 1.03. The van der Waals surface area contributed by atoms with Crippen LogP contribution >= 0.6 is 0 Å². The summed E-state index contributed by atoms with van der Waals surface area (Å²) < 4.78 is 0. The van der Waals surface area contributed by atoms with Crippen LogP contribution in [0.1, 0.15) is 6.92 Å². The second-order valence-corrected chi connectivity index (χ2v) is 1.88. The summed E-state index contributed by atoms with van der Waals surface area (Å²) in [6, 6.07) is 0. The first kappa shape index (κ1) is 6.12. The van der Waals surface area contributed by atoms with Crippen molar-refractivity contribution in [3.63, 3.8) is 0 Å². The molecule has 4 nitrogen and oxygen atoms in total. The summed E-state index contributed by atoms with van der Waals surface area (Å²) in [7, 11) is 0. The monoisotopic (exact) mass is 126 g/mol. The van der Waals surface area contributed by atoms with Crippen LogP contribution < -0.4 is 16.5 Å². The summed E-state index contributed by atoms with van der Waals surface area (Å²) in [4.78, 5) is 0. The van der Waals surface area contributed by atoms with Gasteiger partial charge in [-0.15, -0.1) is 5.53 Å². The largest absolute Gasteiger partial charge is 0.292 e. The van der Waals surface area contributed by atoms with Gasteiger partial charge in [0.15, 0.2) is 0 Å². The Balaban J connectivity index is 2.60. The molecule has 0 amide bonds. The van der Waals surface area contributed by atoms with Crippen LogP contribution in [0, 0.1) is 0 Å². The van der Waals surface area contributed by atoms with Crippen molar-refractivity contribution < 1.29 is 0 Å². The Morgan fingerprint density at radius 3 is 2.56 bits per heavy atom. The van der Waals surface area contributed by atoms with Crippen molar-refractivity contribution in [3.05, 3.63) is 24.7 Å². The van der Waals surface area contributed by atoms with Crippen LogP contribution in [-0.4, -0.2) is 5.01 Å². The molecule has 0 aromatic heterocycles. The molecule has 0 aliphatic carbocycles. The second-order valence-electron chi connectivity index (χ2n) is 1.88. The van der Waals surface area contributed by atoms with E-state index >= 15 is 0 Å². The summed E-state index contributed by atoms with van der Waals surface area (Å²) in [5.74, 6) is 0.752. The van der Waals surface area contributed by atoms with Gasteiger partial charge in [0, 0.05) is 5.70 Å². The van der Waals surface area contributed by atoms with E-state index in [-0.39, 0.29) is 0 Å². The minimum absolute atomic E-state index is 0.752. The van der Waals surface area contributed by atoms with Crippen LogP contribution in [0.2, 0.25) is 0 Å². The fraction of sp³-hybridized carbons (Fsp3) is 0.200. The molecule has 1 saturated heterocycles. The van der Waals surface area contributed by atoms with Crippen molar-refractivity contribution in [3.8, 4) is 0 Å². The Labute approximate surface area is 54.1 Å². The standard InChI is InChI=1S/C5H10N4/c1-4(2)9-5(3)6-7-8-9/h6-8H,1,3H2,2H3. The van der Waals surface area contributed by atoms with Gasteiger partial charge in [0.25, 0.3) is 0 Å². The SMILES string of the molecule is C=C(C)N1NNNC1=C. The van der Waals surface area contributed by atoms with E-state index in [2.05, 4.69) is 29.7 Å². The van der Waals surface area contributed by atoms with Crippen LogP contribution in [0.5, 0.6) is 0 Å². The highest BCUT2D eigenvalue weighted by Gasteiger charge is 2.12. The summed E-state index contributed by atoms with van der Waals surface area (Å²) in [5.41, 5.74) is 9.09. The molecule has 4 heteroatoms. The lowest BCUT2D eigenvalue weighted by molar-refractivity contribution is 0.335. The van der Waals surface area contributed by atoms with Crippen molar-refractivity contribution >= 4 is 0 Å². The lowest BCUT2D eigenvalue weighted by Crippen LogP contribution is -2.35. The van der Waals surface area contributed by atoms with Gasteiger partial charge in [-0.25, -0.2) is 0 Å². The third kappa shape index (κ3) is 1.04. The molecule has 0 spiro atoms. The molecular formula is C5H10N4. The first-order valence-electron chi connectivity index (χ1n) is 2.63. The molecule has 0 atom stereocenters. The number of nitrogens with zero attached hydrogens (tertiary/aromatic N) is 1. The molecule has 1 aliphatic heterocycles. The average molecular weight is 126 g/mol. The lowest BCUT2D eigenvalue weighted by atomic mass is 10.5. The van der Waals surface area contributed by atoms with Crippen LogP contribution in [-0.2, 0) is 0 Å². The second kappa shape index (κ2) is 2.08. The van der Waals surface area contributed by atoms with E-state index < -0.39 is 0 Å². The highest BCUT2D eigenvalue weighted by atomic mass is 15.9. The van der Waals surface area contributed by atoms with E-state index in [1.165, 1.54) is 0 Å². The molecule has 3 N–H and O–H groups in total. The number of hydrazine groups is 3. The highest BCUT2D eigenvalue weighted by Crippen LogP contribution is 2.03. The van der Waals surface area contributed by atoms with Crippen molar-refractivity contribution in [2.24, 2.45) is 0 Å². The van der Waals surface area contributed by atoms with Crippen molar-refractivity contribution in [1.82, 2.24) is 21.5 Å². The maximum Gasteiger partial charge on any atom is 0.130 e. The highest BCUT2D eigenvalue weighted by molar-refractivity contribution is 5.02. The number of nitrogens with one attached hydrogen (secondary N) is 3. The van der Waals surface area contributed by atoms with Crippen LogP contribution in [0.15, 0.2) is 24.7 Å². The number of hydrogen-bond acceptors (Lipinski definition) is 4. The summed E-state index contributed by atoms with van der Waals surface area (Å²) in [5, 5.41) is 1.71. The Kier molecular flexibility index (Phi) is 1.42. The summed E-state index contributed by atoms with van der Waals surface area (Å²) in [6.45, 7) is 9.28. The molecule has 0 unspecified atom stereocenters. The van der Waals surface area contributed by atoms with Gasteiger partial charge >= 0.3 is 0 Å². The zero-order valence-corrected chi connectivity index (χ0v) is 5.36. The molecule has 0 radical (unpaired) electrons. The molecule has 1 fully saturated rings. The Morgan fingerprint density at radius 2 is 2.33 bits per heavy atom. The molecule has 1 rings (SSSR count). The minimum atomic E-state index is 0.752. The molecule has 0 saturated carbocycles. The molecule has 1 heterocycles. The van der Waals surface area contributed by atoms with Gasteiger partial charge < -0.3 is 0 Å². The van der Waals surface area contributed by atoms with E-state index in [9.17, 15) is 0 Å². The molecule has 0 aromatic rings. The van der Waals surface area contributed by atoms with Gasteiger partial charge in [0.05, 0.1) is 0 Å². The number of hydrogen-bond donors (Lipinski definition) is 3. The van der Waals surface area contributed by atoms with Crippen molar-refractivity contribution in [2.75, 3.05) is 0 Å². The van der Waals surface area contributed by atoms with Gasteiger partial charge in [0.2, 0.25) is 0 Å². The number of allylic oxidation sites excluding steroid dienone is 1. The van der Waals surface area contributed by atoms with Gasteiger partial charge in [-0.2, -0.15) is 5.53 Å². The van der Waals surface area contributed by atoms with Crippen LogP contribution in [0.3, 0.4) is 0 Å². The maximum atomic E-state index is 3.71. The van der Waals surface area contributed by atoms with Gasteiger partial charge in [-0.3, -0.25) is 10.4 Å².